The molecule has 2 aromatic carbocycles. The van der Waals surface area contributed by atoms with Crippen molar-refractivity contribution in [3.05, 3.63) is 102 Å². The second-order valence-electron chi connectivity index (χ2n) is 7.71. The molecule has 3 aromatic heterocycles. The first-order chi connectivity index (χ1) is 15.8. The molecule has 0 bridgehead atoms. The molecule has 0 amide bonds. The molecule has 3 heterocycles. The average Bonchev–Trinajstić information content (AvgIpc) is 3.29. The predicted molar refractivity (Wildman–Crippen MR) is 135 cm³/mol. The van der Waals surface area contributed by atoms with E-state index < -0.39 is 0 Å². The van der Waals surface area contributed by atoms with E-state index >= 15 is 0 Å². The molecular formula is C27H24N4S. The van der Waals surface area contributed by atoms with E-state index in [1.807, 2.05) is 42.7 Å². The first-order valence-electron chi connectivity index (χ1n) is 10.7. The van der Waals surface area contributed by atoms with Crippen molar-refractivity contribution >= 4 is 27.9 Å². The summed E-state index contributed by atoms with van der Waals surface area (Å²) in [5, 5.41) is 8.18. The lowest BCUT2D eigenvalue weighted by Gasteiger charge is -2.15. The van der Waals surface area contributed by atoms with Gasteiger partial charge < -0.3 is 11.1 Å². The summed E-state index contributed by atoms with van der Waals surface area (Å²) < 4.78 is 0. The van der Waals surface area contributed by atoms with Gasteiger partial charge in [-0.15, -0.1) is 11.3 Å². The van der Waals surface area contributed by atoms with E-state index in [1.165, 1.54) is 15.6 Å². The van der Waals surface area contributed by atoms with E-state index in [4.69, 9.17) is 10.7 Å². The summed E-state index contributed by atoms with van der Waals surface area (Å²) in [5.74, 6) is 0.849. The SMILES string of the molecule is NC(CCNc1ccc(-c2scc3ccccc23)c(-c2ccncc2)n1)c1ccccc1. The number of anilines is 1. The van der Waals surface area contributed by atoms with E-state index in [0.29, 0.717) is 0 Å². The molecule has 32 heavy (non-hydrogen) atoms. The minimum atomic E-state index is 0.000115. The quantitative estimate of drug-likeness (QED) is 0.304. The summed E-state index contributed by atoms with van der Waals surface area (Å²) in [4.78, 5) is 10.4. The first kappa shape index (κ1) is 20.4. The second-order valence-corrected chi connectivity index (χ2v) is 8.59. The molecule has 0 fully saturated rings. The monoisotopic (exact) mass is 436 g/mol. The van der Waals surface area contributed by atoms with Crippen molar-refractivity contribution < 1.29 is 0 Å². The Hall–Kier alpha value is -3.54. The van der Waals surface area contributed by atoms with Crippen molar-refractivity contribution in [2.75, 3.05) is 11.9 Å². The number of benzene rings is 2. The van der Waals surface area contributed by atoms with Gasteiger partial charge in [0.15, 0.2) is 0 Å². The molecule has 0 saturated carbocycles. The van der Waals surface area contributed by atoms with Gasteiger partial charge in [-0.1, -0.05) is 54.6 Å². The number of hydrogen-bond donors (Lipinski definition) is 2. The minimum absolute atomic E-state index is 0.000115. The van der Waals surface area contributed by atoms with Crippen LogP contribution in [0, 0.1) is 0 Å². The third-order valence-corrected chi connectivity index (χ3v) is 6.64. The predicted octanol–water partition coefficient (Wildman–Crippen LogP) is 6.53. The first-order valence-corrected chi connectivity index (χ1v) is 11.6. The van der Waals surface area contributed by atoms with Gasteiger partial charge in [0.25, 0.3) is 0 Å². The molecule has 1 atom stereocenters. The molecule has 0 saturated heterocycles. The van der Waals surface area contributed by atoms with Gasteiger partial charge in [0.2, 0.25) is 0 Å². The number of rotatable bonds is 7. The third-order valence-electron chi connectivity index (χ3n) is 5.59. The summed E-state index contributed by atoms with van der Waals surface area (Å²) >= 11 is 1.76. The van der Waals surface area contributed by atoms with Gasteiger partial charge in [0.1, 0.15) is 5.82 Å². The van der Waals surface area contributed by atoms with Crippen LogP contribution in [0.3, 0.4) is 0 Å². The van der Waals surface area contributed by atoms with Gasteiger partial charge >= 0.3 is 0 Å². The summed E-state index contributed by atoms with van der Waals surface area (Å²) in [6, 6.07) is 27.0. The van der Waals surface area contributed by atoms with Crippen LogP contribution in [-0.2, 0) is 0 Å². The lowest BCUT2D eigenvalue weighted by atomic mass is 10.0. The Labute approximate surface area is 191 Å². The van der Waals surface area contributed by atoms with E-state index in [2.05, 4.69) is 64.2 Å². The van der Waals surface area contributed by atoms with Gasteiger partial charge in [-0.05, 0) is 47.0 Å². The number of nitrogens with one attached hydrogen (secondary N) is 1. The number of pyridine rings is 2. The van der Waals surface area contributed by atoms with Crippen LogP contribution in [0.4, 0.5) is 5.82 Å². The van der Waals surface area contributed by atoms with Crippen LogP contribution >= 0.6 is 11.3 Å². The van der Waals surface area contributed by atoms with Crippen LogP contribution < -0.4 is 11.1 Å². The van der Waals surface area contributed by atoms with Gasteiger partial charge in [0.05, 0.1) is 5.69 Å². The Kier molecular flexibility index (Phi) is 5.92. The zero-order valence-corrected chi connectivity index (χ0v) is 18.4. The molecule has 0 radical (unpaired) electrons. The fourth-order valence-electron chi connectivity index (χ4n) is 3.89. The van der Waals surface area contributed by atoms with Crippen LogP contribution in [0.15, 0.2) is 96.6 Å². The van der Waals surface area contributed by atoms with Crippen molar-refractivity contribution in [3.63, 3.8) is 0 Å². The fourth-order valence-corrected chi connectivity index (χ4v) is 4.95. The Morgan fingerprint density at radius 2 is 1.66 bits per heavy atom. The molecule has 0 aliphatic heterocycles. The smallest absolute Gasteiger partial charge is 0.126 e. The number of nitrogens with two attached hydrogens (primary N) is 1. The number of nitrogens with zero attached hydrogens (tertiary/aromatic N) is 2. The molecule has 0 spiro atoms. The molecular weight excluding hydrogens is 412 g/mol. The van der Waals surface area contributed by atoms with Crippen LogP contribution in [-0.4, -0.2) is 16.5 Å². The van der Waals surface area contributed by atoms with Crippen molar-refractivity contribution in [2.45, 2.75) is 12.5 Å². The third kappa shape index (κ3) is 4.26. The molecule has 5 rings (SSSR count). The van der Waals surface area contributed by atoms with Crippen molar-refractivity contribution in [2.24, 2.45) is 5.73 Å². The van der Waals surface area contributed by atoms with Gasteiger partial charge in [-0.2, -0.15) is 0 Å². The van der Waals surface area contributed by atoms with Crippen LogP contribution in [0.2, 0.25) is 0 Å². The molecule has 0 aliphatic rings. The maximum atomic E-state index is 6.36. The Morgan fingerprint density at radius 3 is 2.50 bits per heavy atom. The highest BCUT2D eigenvalue weighted by atomic mass is 32.1. The minimum Gasteiger partial charge on any atom is -0.370 e. The Bertz CT molecular complexity index is 1320. The molecule has 5 heteroatoms. The van der Waals surface area contributed by atoms with Crippen LogP contribution in [0.25, 0.3) is 32.5 Å². The van der Waals surface area contributed by atoms with E-state index in [-0.39, 0.29) is 6.04 Å². The Balaban J connectivity index is 1.43. The van der Waals surface area contributed by atoms with Gasteiger partial charge in [-0.3, -0.25) is 4.98 Å². The molecule has 3 N–H and O–H groups in total. The largest absolute Gasteiger partial charge is 0.370 e. The topological polar surface area (TPSA) is 63.8 Å². The van der Waals surface area contributed by atoms with Crippen molar-refractivity contribution in [1.82, 2.24) is 9.97 Å². The lowest BCUT2D eigenvalue weighted by Crippen LogP contribution is -2.15. The zero-order valence-electron chi connectivity index (χ0n) is 17.6. The molecule has 158 valence electrons. The number of fused-ring (bicyclic) bond motifs is 1. The summed E-state index contributed by atoms with van der Waals surface area (Å²) in [5.41, 5.74) is 10.6. The van der Waals surface area contributed by atoms with E-state index in [9.17, 15) is 0 Å². The summed E-state index contributed by atoms with van der Waals surface area (Å²) in [7, 11) is 0. The van der Waals surface area contributed by atoms with Crippen LogP contribution in [0.1, 0.15) is 18.0 Å². The molecule has 5 aromatic rings. The number of aromatic nitrogens is 2. The fraction of sp³-hybridized carbons (Fsp3) is 0.111. The zero-order chi connectivity index (χ0) is 21.8. The standard InChI is InChI=1S/C27H24N4S/c28-24(19-6-2-1-3-7-19)14-17-30-25-11-10-23(26(31-25)20-12-15-29-16-13-20)27-22-9-5-4-8-21(22)18-32-27/h1-13,15-16,18,24H,14,17,28H2,(H,30,31). The van der Waals surface area contributed by atoms with Crippen molar-refractivity contribution in [1.29, 1.82) is 0 Å². The molecule has 4 nitrogen and oxygen atoms in total. The average molecular weight is 437 g/mol. The van der Waals surface area contributed by atoms with Gasteiger partial charge in [0, 0.05) is 46.4 Å². The summed E-state index contributed by atoms with van der Waals surface area (Å²) in [6.07, 6.45) is 4.45. The van der Waals surface area contributed by atoms with E-state index in [0.717, 1.165) is 41.2 Å². The maximum Gasteiger partial charge on any atom is 0.126 e. The highest BCUT2D eigenvalue weighted by molar-refractivity contribution is 7.15. The normalized spacial score (nSPS) is 12.0. The number of hydrogen-bond acceptors (Lipinski definition) is 5. The lowest BCUT2D eigenvalue weighted by molar-refractivity contribution is 0.674. The van der Waals surface area contributed by atoms with Crippen LogP contribution in [0.5, 0.6) is 0 Å². The molecule has 0 aliphatic carbocycles. The maximum absolute atomic E-state index is 6.36. The second kappa shape index (κ2) is 9.30. The molecule has 1 unspecified atom stereocenters. The Morgan fingerprint density at radius 1 is 0.875 bits per heavy atom. The summed E-state index contributed by atoms with van der Waals surface area (Å²) in [6.45, 7) is 0.750. The highest BCUT2D eigenvalue weighted by Gasteiger charge is 2.15. The van der Waals surface area contributed by atoms with E-state index in [1.54, 1.807) is 11.3 Å². The van der Waals surface area contributed by atoms with Crippen molar-refractivity contribution in [3.8, 4) is 21.7 Å². The highest BCUT2D eigenvalue weighted by Crippen LogP contribution is 2.39. The number of thiophene rings is 1. The van der Waals surface area contributed by atoms with Gasteiger partial charge in [-0.25, -0.2) is 4.98 Å².